The molecule has 3 heteroatoms. The Kier molecular flexibility index (Phi) is 4.40. The molecule has 2 aromatic carbocycles. The third-order valence-corrected chi connectivity index (χ3v) is 3.59. The van der Waals surface area contributed by atoms with E-state index >= 15 is 0 Å². The summed E-state index contributed by atoms with van der Waals surface area (Å²) in [5, 5.41) is 12.7. The van der Waals surface area contributed by atoms with Crippen LogP contribution in [0.4, 0.5) is 4.39 Å². The Morgan fingerprint density at radius 1 is 0.950 bits per heavy atom. The van der Waals surface area contributed by atoms with Crippen LogP contribution in [-0.4, -0.2) is 5.11 Å². The van der Waals surface area contributed by atoms with E-state index in [2.05, 4.69) is 5.32 Å². The maximum atomic E-state index is 13.6. The van der Waals surface area contributed by atoms with Crippen LogP contribution in [-0.2, 0) is 0 Å². The monoisotopic (exact) mass is 273 g/mol. The van der Waals surface area contributed by atoms with Crippen LogP contribution >= 0.6 is 0 Å². The van der Waals surface area contributed by atoms with E-state index in [4.69, 9.17) is 0 Å². The van der Waals surface area contributed by atoms with Gasteiger partial charge >= 0.3 is 0 Å². The van der Waals surface area contributed by atoms with Crippen molar-refractivity contribution in [2.75, 3.05) is 0 Å². The van der Waals surface area contributed by atoms with Gasteiger partial charge in [0.25, 0.3) is 0 Å². The van der Waals surface area contributed by atoms with Crippen LogP contribution in [0.5, 0.6) is 5.75 Å². The highest BCUT2D eigenvalue weighted by molar-refractivity contribution is 5.29. The first-order valence-electron chi connectivity index (χ1n) is 6.78. The summed E-state index contributed by atoms with van der Waals surface area (Å²) in [6, 6.07) is 12.6. The van der Waals surface area contributed by atoms with Crippen LogP contribution in [0, 0.1) is 12.7 Å². The fourth-order valence-electron chi connectivity index (χ4n) is 2.21. The van der Waals surface area contributed by atoms with E-state index in [1.54, 1.807) is 31.2 Å². The third-order valence-electron chi connectivity index (χ3n) is 3.59. The molecule has 2 nitrogen and oxygen atoms in total. The van der Waals surface area contributed by atoms with Crippen LogP contribution in [0.3, 0.4) is 0 Å². The van der Waals surface area contributed by atoms with E-state index in [0.717, 1.165) is 11.1 Å². The molecule has 0 aliphatic heterocycles. The maximum absolute atomic E-state index is 13.6. The predicted octanol–water partition coefficient (Wildman–Crippen LogP) is 4.25. The van der Waals surface area contributed by atoms with Gasteiger partial charge in [0.2, 0.25) is 0 Å². The molecule has 106 valence electrons. The lowest BCUT2D eigenvalue weighted by Crippen LogP contribution is -2.22. The zero-order valence-corrected chi connectivity index (χ0v) is 12.0. The molecule has 2 unspecified atom stereocenters. The van der Waals surface area contributed by atoms with Gasteiger partial charge in [0.05, 0.1) is 0 Å². The topological polar surface area (TPSA) is 32.3 Å². The lowest BCUT2D eigenvalue weighted by atomic mass is 10.0. The minimum Gasteiger partial charge on any atom is -0.508 e. The summed E-state index contributed by atoms with van der Waals surface area (Å²) in [7, 11) is 0. The quantitative estimate of drug-likeness (QED) is 0.872. The SMILES string of the molecule is Cc1ccc(C(C)NC(C)c2ccc(O)cc2)cc1F. The van der Waals surface area contributed by atoms with Crippen LogP contribution in [0.15, 0.2) is 42.5 Å². The molecule has 0 amide bonds. The number of rotatable bonds is 4. The van der Waals surface area contributed by atoms with Crippen LogP contribution in [0.25, 0.3) is 0 Å². The van der Waals surface area contributed by atoms with Gasteiger partial charge in [0.15, 0.2) is 0 Å². The zero-order valence-electron chi connectivity index (χ0n) is 12.0. The largest absolute Gasteiger partial charge is 0.508 e. The Labute approximate surface area is 119 Å². The van der Waals surface area contributed by atoms with Gasteiger partial charge < -0.3 is 10.4 Å². The number of aromatic hydroxyl groups is 1. The van der Waals surface area contributed by atoms with Gasteiger partial charge in [0.1, 0.15) is 11.6 Å². The van der Waals surface area contributed by atoms with Crippen molar-refractivity contribution >= 4 is 0 Å². The molecule has 0 aliphatic rings. The summed E-state index contributed by atoms with van der Waals surface area (Å²) in [6.45, 7) is 5.82. The van der Waals surface area contributed by atoms with Crippen molar-refractivity contribution in [2.45, 2.75) is 32.9 Å². The second-order valence-corrected chi connectivity index (χ2v) is 5.21. The first kappa shape index (κ1) is 14.5. The Morgan fingerprint density at radius 2 is 1.50 bits per heavy atom. The number of hydrogen-bond acceptors (Lipinski definition) is 2. The lowest BCUT2D eigenvalue weighted by molar-refractivity contribution is 0.471. The molecule has 0 aliphatic carbocycles. The van der Waals surface area contributed by atoms with Crippen molar-refractivity contribution in [1.82, 2.24) is 5.32 Å². The third kappa shape index (κ3) is 3.36. The van der Waals surface area contributed by atoms with Gasteiger partial charge in [-0.2, -0.15) is 0 Å². The van der Waals surface area contributed by atoms with Crippen LogP contribution < -0.4 is 5.32 Å². The van der Waals surface area contributed by atoms with Gasteiger partial charge in [-0.25, -0.2) is 4.39 Å². The molecule has 0 saturated heterocycles. The second kappa shape index (κ2) is 6.06. The van der Waals surface area contributed by atoms with Gasteiger partial charge in [-0.1, -0.05) is 24.3 Å². The molecule has 0 saturated carbocycles. The van der Waals surface area contributed by atoms with Crippen LogP contribution in [0.1, 0.15) is 42.6 Å². The summed E-state index contributed by atoms with van der Waals surface area (Å²) in [5.74, 6) is 0.0861. The molecule has 2 rings (SSSR count). The fraction of sp³-hybridized carbons (Fsp3) is 0.294. The molecule has 0 radical (unpaired) electrons. The molecular weight excluding hydrogens is 253 g/mol. The van der Waals surface area contributed by atoms with Gasteiger partial charge in [-0.05, 0) is 55.7 Å². The number of phenols is 1. The highest BCUT2D eigenvalue weighted by Crippen LogP contribution is 2.22. The predicted molar refractivity (Wildman–Crippen MR) is 79.2 cm³/mol. The number of aryl methyl sites for hydroxylation is 1. The first-order valence-corrected chi connectivity index (χ1v) is 6.78. The first-order chi connectivity index (χ1) is 9.47. The summed E-state index contributed by atoms with van der Waals surface area (Å²) in [6.07, 6.45) is 0. The van der Waals surface area contributed by atoms with Gasteiger partial charge in [-0.15, -0.1) is 0 Å². The smallest absolute Gasteiger partial charge is 0.126 e. The van der Waals surface area contributed by atoms with E-state index in [-0.39, 0.29) is 23.7 Å². The van der Waals surface area contributed by atoms with E-state index in [1.165, 1.54) is 0 Å². The number of phenolic OH excluding ortho intramolecular Hbond substituents is 1. The lowest BCUT2D eigenvalue weighted by Gasteiger charge is -2.21. The maximum Gasteiger partial charge on any atom is 0.126 e. The molecule has 0 aromatic heterocycles. The standard InChI is InChI=1S/C17H20FNO/c1-11-4-5-15(10-17(11)18)13(3)19-12(2)14-6-8-16(20)9-7-14/h4-10,12-13,19-20H,1-3H3. The average molecular weight is 273 g/mol. The highest BCUT2D eigenvalue weighted by Gasteiger charge is 2.12. The molecule has 20 heavy (non-hydrogen) atoms. The highest BCUT2D eigenvalue weighted by atomic mass is 19.1. The molecular formula is C17H20FNO. The number of hydrogen-bond donors (Lipinski definition) is 2. The normalized spacial score (nSPS) is 14.0. The average Bonchev–Trinajstić information content (AvgIpc) is 2.42. The van der Waals surface area contributed by atoms with E-state index in [1.807, 2.05) is 32.0 Å². The summed E-state index contributed by atoms with van der Waals surface area (Å²) >= 11 is 0. The molecule has 0 bridgehead atoms. The van der Waals surface area contributed by atoms with E-state index in [0.29, 0.717) is 5.56 Å². The Bertz CT molecular complexity index is 580. The molecule has 2 N–H and O–H groups in total. The molecule has 2 aromatic rings. The summed E-state index contributed by atoms with van der Waals surface area (Å²) in [5.41, 5.74) is 2.67. The number of nitrogens with one attached hydrogen (secondary N) is 1. The van der Waals surface area contributed by atoms with Crippen molar-refractivity contribution in [1.29, 1.82) is 0 Å². The minimum absolute atomic E-state index is 0.0499. The number of benzene rings is 2. The number of halogens is 1. The Morgan fingerprint density at radius 3 is 2.10 bits per heavy atom. The Balaban J connectivity index is 2.08. The fourth-order valence-corrected chi connectivity index (χ4v) is 2.21. The minimum atomic E-state index is -0.173. The van der Waals surface area contributed by atoms with Crippen molar-refractivity contribution < 1.29 is 9.50 Å². The van der Waals surface area contributed by atoms with Crippen molar-refractivity contribution in [3.05, 3.63) is 65.0 Å². The van der Waals surface area contributed by atoms with E-state index in [9.17, 15) is 9.50 Å². The molecule has 0 fully saturated rings. The molecule has 2 atom stereocenters. The molecule has 0 heterocycles. The summed E-state index contributed by atoms with van der Waals surface area (Å²) in [4.78, 5) is 0. The molecule has 0 spiro atoms. The van der Waals surface area contributed by atoms with Gasteiger partial charge in [-0.3, -0.25) is 0 Å². The van der Waals surface area contributed by atoms with E-state index < -0.39 is 0 Å². The van der Waals surface area contributed by atoms with Crippen molar-refractivity contribution in [3.8, 4) is 5.75 Å². The van der Waals surface area contributed by atoms with Gasteiger partial charge in [0, 0.05) is 12.1 Å². The van der Waals surface area contributed by atoms with Crippen LogP contribution in [0.2, 0.25) is 0 Å². The summed E-state index contributed by atoms with van der Waals surface area (Å²) < 4.78 is 13.6. The van der Waals surface area contributed by atoms with Crippen molar-refractivity contribution in [3.63, 3.8) is 0 Å². The Hall–Kier alpha value is -1.87. The zero-order chi connectivity index (χ0) is 14.7. The van der Waals surface area contributed by atoms with Crippen molar-refractivity contribution in [2.24, 2.45) is 0 Å². The second-order valence-electron chi connectivity index (χ2n) is 5.21.